The Bertz CT molecular complexity index is 1120. The summed E-state index contributed by atoms with van der Waals surface area (Å²) in [5.41, 5.74) is 1.78. The first-order chi connectivity index (χ1) is 16.0. The molecule has 3 rings (SSSR count). The van der Waals surface area contributed by atoms with Crippen LogP contribution in [0, 0.1) is 0 Å². The minimum Gasteiger partial charge on any atom is -0.489 e. The van der Waals surface area contributed by atoms with Crippen LogP contribution >= 0.6 is 0 Å². The van der Waals surface area contributed by atoms with Gasteiger partial charge in [-0.25, -0.2) is 0 Å². The quantitative estimate of drug-likeness (QED) is 0.351. The number of carbonyl (C=O) groups excluding carboxylic acids is 1. The van der Waals surface area contributed by atoms with Gasteiger partial charge in [0.05, 0.1) is 6.10 Å². The minimum absolute atomic E-state index is 0.149. The lowest BCUT2D eigenvalue weighted by Crippen LogP contribution is -2.31. The maximum atomic E-state index is 13.0. The zero-order valence-electron chi connectivity index (χ0n) is 19.1. The molecule has 0 atom stereocenters. The molecule has 3 aromatic rings. The average Bonchev–Trinajstić information content (AvgIpc) is 2.82. The first-order valence-electron chi connectivity index (χ1n) is 11.1. The van der Waals surface area contributed by atoms with Crippen LogP contribution in [0.1, 0.15) is 31.4 Å². The fraction of sp³-hybridized carbons (Fsp3) is 0.259. The van der Waals surface area contributed by atoms with Gasteiger partial charge in [-0.2, -0.15) is 0 Å². The number of pyridine rings is 1. The van der Waals surface area contributed by atoms with Crippen molar-refractivity contribution in [3.8, 4) is 5.75 Å². The van der Waals surface area contributed by atoms with Crippen LogP contribution in [0.2, 0.25) is 0 Å². The van der Waals surface area contributed by atoms with Crippen molar-refractivity contribution >= 4 is 17.7 Å². The maximum Gasteiger partial charge on any atom is 0.268 e. The van der Waals surface area contributed by atoms with Crippen molar-refractivity contribution in [1.29, 1.82) is 0 Å². The van der Waals surface area contributed by atoms with Crippen molar-refractivity contribution in [1.82, 2.24) is 9.88 Å². The van der Waals surface area contributed by atoms with Gasteiger partial charge in [0.1, 0.15) is 18.1 Å². The van der Waals surface area contributed by atoms with Crippen LogP contribution in [0.3, 0.4) is 0 Å². The Hall–Kier alpha value is -3.64. The molecule has 172 valence electrons. The van der Waals surface area contributed by atoms with Crippen LogP contribution in [0.15, 0.2) is 83.8 Å². The van der Waals surface area contributed by atoms with E-state index in [1.165, 1.54) is 10.6 Å². The Morgan fingerprint density at radius 1 is 1.03 bits per heavy atom. The summed E-state index contributed by atoms with van der Waals surface area (Å²) in [6, 6.07) is 22.1. The van der Waals surface area contributed by atoms with E-state index in [9.17, 15) is 9.59 Å². The van der Waals surface area contributed by atoms with E-state index in [1.807, 2.05) is 68.4 Å². The van der Waals surface area contributed by atoms with Crippen LogP contribution in [0.5, 0.6) is 5.75 Å². The second-order valence-corrected chi connectivity index (χ2v) is 7.81. The zero-order valence-corrected chi connectivity index (χ0v) is 19.1. The SMILES string of the molecule is CC(C)OCCCNC(=O)/C(=C\c1cccc(OCc2ccccc2)c1)n1ccccc1=O. The number of aromatic nitrogens is 1. The van der Waals surface area contributed by atoms with Gasteiger partial charge in [0.2, 0.25) is 0 Å². The van der Waals surface area contributed by atoms with Crippen LogP contribution in [0.4, 0.5) is 0 Å². The van der Waals surface area contributed by atoms with E-state index in [1.54, 1.807) is 24.4 Å². The van der Waals surface area contributed by atoms with E-state index in [0.717, 1.165) is 11.1 Å². The fourth-order valence-corrected chi connectivity index (χ4v) is 3.15. The lowest BCUT2D eigenvalue weighted by molar-refractivity contribution is -0.116. The molecular formula is C27H30N2O4. The van der Waals surface area contributed by atoms with Crippen LogP contribution in [0.25, 0.3) is 11.8 Å². The summed E-state index contributed by atoms with van der Waals surface area (Å²) in [6.45, 7) is 5.39. The minimum atomic E-state index is -0.330. The Balaban J connectivity index is 1.77. The van der Waals surface area contributed by atoms with E-state index in [4.69, 9.17) is 9.47 Å². The molecule has 0 radical (unpaired) electrons. The van der Waals surface area contributed by atoms with Gasteiger partial charge in [-0.1, -0.05) is 48.5 Å². The first-order valence-corrected chi connectivity index (χ1v) is 11.1. The predicted octanol–water partition coefficient (Wildman–Crippen LogP) is 4.36. The summed E-state index contributed by atoms with van der Waals surface area (Å²) in [4.78, 5) is 25.4. The number of amides is 1. The molecule has 0 spiro atoms. The van der Waals surface area contributed by atoms with Crippen molar-refractivity contribution in [3.05, 3.63) is 100 Å². The van der Waals surface area contributed by atoms with E-state index >= 15 is 0 Å². The highest BCUT2D eigenvalue weighted by molar-refractivity contribution is 6.18. The molecule has 1 amide bonds. The number of hydrogen-bond acceptors (Lipinski definition) is 4. The van der Waals surface area contributed by atoms with Gasteiger partial charge in [-0.3, -0.25) is 14.2 Å². The molecule has 1 heterocycles. The van der Waals surface area contributed by atoms with Gasteiger partial charge in [0.25, 0.3) is 11.5 Å². The molecule has 0 fully saturated rings. The van der Waals surface area contributed by atoms with Crippen molar-refractivity contribution in [2.75, 3.05) is 13.2 Å². The first kappa shape index (κ1) is 24.0. The largest absolute Gasteiger partial charge is 0.489 e. The Morgan fingerprint density at radius 2 is 1.82 bits per heavy atom. The van der Waals surface area contributed by atoms with Gasteiger partial charge >= 0.3 is 0 Å². The number of benzene rings is 2. The highest BCUT2D eigenvalue weighted by Crippen LogP contribution is 2.18. The van der Waals surface area contributed by atoms with E-state index in [-0.39, 0.29) is 23.3 Å². The molecular weight excluding hydrogens is 416 g/mol. The summed E-state index contributed by atoms with van der Waals surface area (Å²) >= 11 is 0. The molecule has 0 saturated carbocycles. The van der Waals surface area contributed by atoms with Crippen molar-refractivity contribution in [3.63, 3.8) is 0 Å². The molecule has 6 nitrogen and oxygen atoms in total. The Morgan fingerprint density at radius 3 is 2.58 bits per heavy atom. The third-order valence-corrected chi connectivity index (χ3v) is 4.78. The summed E-state index contributed by atoms with van der Waals surface area (Å²) < 4.78 is 12.8. The monoisotopic (exact) mass is 446 g/mol. The van der Waals surface area contributed by atoms with Gasteiger partial charge in [-0.15, -0.1) is 0 Å². The number of ether oxygens (including phenoxy) is 2. The molecule has 0 unspecified atom stereocenters. The fourth-order valence-electron chi connectivity index (χ4n) is 3.15. The summed E-state index contributed by atoms with van der Waals surface area (Å²) in [5, 5.41) is 2.89. The van der Waals surface area contributed by atoms with Crippen LogP contribution < -0.4 is 15.6 Å². The van der Waals surface area contributed by atoms with E-state index in [2.05, 4.69) is 5.32 Å². The molecule has 2 aromatic carbocycles. The Kier molecular flexibility index (Phi) is 9.03. The topological polar surface area (TPSA) is 69.6 Å². The smallest absolute Gasteiger partial charge is 0.268 e. The van der Waals surface area contributed by atoms with Crippen molar-refractivity contribution in [2.45, 2.75) is 33.0 Å². The lowest BCUT2D eigenvalue weighted by atomic mass is 10.1. The molecule has 0 aliphatic carbocycles. The number of nitrogens with zero attached hydrogens (tertiary/aromatic N) is 1. The number of nitrogens with one attached hydrogen (secondary N) is 1. The standard InChI is InChI=1S/C27H30N2O4/c1-21(2)32-17-9-15-28-27(31)25(29-16-7-6-14-26(29)30)19-23-12-8-13-24(18-23)33-20-22-10-4-3-5-11-22/h3-8,10-14,16,18-19,21H,9,15,17,20H2,1-2H3,(H,28,31)/b25-19+. The van der Waals surface area contributed by atoms with Gasteiger partial charge < -0.3 is 14.8 Å². The molecule has 33 heavy (non-hydrogen) atoms. The molecule has 0 aliphatic rings. The van der Waals surface area contributed by atoms with Crippen LogP contribution in [-0.2, 0) is 16.1 Å². The Labute approximate surface area is 194 Å². The average molecular weight is 447 g/mol. The van der Waals surface area contributed by atoms with Gasteiger partial charge in [-0.05, 0) is 55.7 Å². The van der Waals surface area contributed by atoms with Crippen molar-refractivity contribution in [2.24, 2.45) is 0 Å². The molecule has 0 aliphatic heterocycles. The van der Waals surface area contributed by atoms with E-state index < -0.39 is 0 Å². The molecule has 1 aromatic heterocycles. The molecule has 0 bridgehead atoms. The number of rotatable bonds is 11. The summed E-state index contributed by atoms with van der Waals surface area (Å²) in [7, 11) is 0. The zero-order chi connectivity index (χ0) is 23.5. The third kappa shape index (κ3) is 7.77. The summed E-state index contributed by atoms with van der Waals surface area (Å²) in [5.74, 6) is 0.349. The summed E-state index contributed by atoms with van der Waals surface area (Å²) in [6.07, 6.45) is 4.11. The second kappa shape index (κ2) is 12.4. The second-order valence-electron chi connectivity index (χ2n) is 7.81. The normalized spacial score (nSPS) is 11.4. The highest BCUT2D eigenvalue weighted by atomic mass is 16.5. The molecule has 1 N–H and O–H groups in total. The third-order valence-electron chi connectivity index (χ3n) is 4.78. The molecule has 6 heteroatoms. The van der Waals surface area contributed by atoms with Gasteiger partial charge in [0, 0.05) is 25.4 Å². The van der Waals surface area contributed by atoms with Crippen LogP contribution in [-0.4, -0.2) is 29.7 Å². The van der Waals surface area contributed by atoms with E-state index in [0.29, 0.717) is 31.9 Å². The molecule has 0 saturated heterocycles. The highest BCUT2D eigenvalue weighted by Gasteiger charge is 2.13. The maximum absolute atomic E-state index is 13.0. The number of carbonyl (C=O) groups is 1. The number of hydrogen-bond donors (Lipinski definition) is 1. The van der Waals surface area contributed by atoms with Gasteiger partial charge in [0.15, 0.2) is 0 Å². The predicted molar refractivity (Wildman–Crippen MR) is 131 cm³/mol. The lowest BCUT2D eigenvalue weighted by Gasteiger charge is -2.13. The van der Waals surface area contributed by atoms with Crippen molar-refractivity contribution < 1.29 is 14.3 Å².